The Morgan fingerprint density at radius 3 is 1.65 bits per heavy atom. The highest BCUT2D eigenvalue weighted by Crippen LogP contribution is 2.43. The maximum absolute atomic E-state index is 2.46. The highest BCUT2D eigenvalue weighted by molar-refractivity contribution is 7.21. The van der Waals surface area contributed by atoms with Gasteiger partial charge >= 0.3 is 0 Å². The molecule has 3 rings (SSSR count). The first-order valence-electron chi connectivity index (χ1n) is 5.70. The van der Waals surface area contributed by atoms with Crippen molar-refractivity contribution in [3.63, 3.8) is 0 Å². The second-order valence-corrected chi connectivity index (χ2v) is 11.0. The summed E-state index contributed by atoms with van der Waals surface area (Å²) in [5.41, 5.74) is 0. The molecule has 0 unspecified atom stereocenters. The minimum atomic E-state index is -1.47. The van der Waals surface area contributed by atoms with Crippen LogP contribution in [0.4, 0.5) is 0 Å². The molecular formula is C14H14S2Si. The van der Waals surface area contributed by atoms with E-state index in [4.69, 9.17) is 0 Å². The lowest BCUT2D eigenvalue weighted by molar-refractivity contribution is 1.82. The maximum Gasteiger partial charge on any atom is 0.115 e. The standard InChI is InChI=1S/C14H14S2Si/c1-17(2)13(11-5-3-9-15-11)7-8-14(17)12-6-4-10-16-12/h3-10H,1-2H3. The summed E-state index contributed by atoms with van der Waals surface area (Å²) in [7, 11) is -1.47. The first-order valence-corrected chi connectivity index (χ1v) is 10.5. The third kappa shape index (κ3) is 1.78. The number of hydrogen-bond donors (Lipinski definition) is 0. The molecule has 0 nitrogen and oxygen atoms in total. The summed E-state index contributed by atoms with van der Waals surface area (Å²) in [5.74, 6) is 0. The van der Waals surface area contributed by atoms with Gasteiger partial charge in [0.15, 0.2) is 0 Å². The summed E-state index contributed by atoms with van der Waals surface area (Å²) < 4.78 is 0. The van der Waals surface area contributed by atoms with E-state index in [1.54, 1.807) is 10.4 Å². The molecule has 1 aliphatic heterocycles. The van der Waals surface area contributed by atoms with E-state index in [0.717, 1.165) is 0 Å². The lowest BCUT2D eigenvalue weighted by atomic mass is 10.3. The second-order valence-electron chi connectivity index (χ2n) is 4.74. The molecule has 1 aliphatic rings. The van der Waals surface area contributed by atoms with E-state index in [9.17, 15) is 0 Å². The molecule has 2 aromatic rings. The number of allylic oxidation sites excluding steroid dienone is 2. The van der Waals surface area contributed by atoms with Crippen molar-refractivity contribution in [1.82, 2.24) is 0 Å². The molecule has 0 aromatic carbocycles. The fourth-order valence-electron chi connectivity index (χ4n) is 2.37. The molecule has 3 heterocycles. The van der Waals surface area contributed by atoms with Crippen LogP contribution in [0.1, 0.15) is 9.75 Å². The average Bonchev–Trinajstić information content (AvgIpc) is 2.96. The van der Waals surface area contributed by atoms with Crippen molar-refractivity contribution >= 4 is 41.1 Å². The molecule has 0 saturated carbocycles. The van der Waals surface area contributed by atoms with Gasteiger partial charge in [-0.2, -0.15) is 0 Å². The molecule has 0 atom stereocenters. The van der Waals surface area contributed by atoms with Gasteiger partial charge in [-0.05, 0) is 33.3 Å². The molecule has 0 radical (unpaired) electrons. The Hall–Kier alpha value is -0.903. The predicted molar refractivity (Wildman–Crippen MR) is 82.1 cm³/mol. The van der Waals surface area contributed by atoms with Crippen molar-refractivity contribution in [2.24, 2.45) is 0 Å². The molecule has 86 valence electrons. The molecule has 17 heavy (non-hydrogen) atoms. The second kappa shape index (κ2) is 4.09. The zero-order chi connectivity index (χ0) is 11.9. The van der Waals surface area contributed by atoms with E-state index in [1.807, 2.05) is 22.7 Å². The fraction of sp³-hybridized carbons (Fsp3) is 0.143. The van der Waals surface area contributed by atoms with Crippen LogP contribution < -0.4 is 0 Å². The SMILES string of the molecule is C[Si]1(C)C(c2cccs2)=CC=C1c1cccs1. The minimum absolute atomic E-state index is 1.45. The molecule has 0 amide bonds. The molecule has 2 aromatic heterocycles. The highest BCUT2D eigenvalue weighted by Gasteiger charge is 2.35. The summed E-state index contributed by atoms with van der Waals surface area (Å²) in [6.45, 7) is 4.91. The summed E-state index contributed by atoms with van der Waals surface area (Å²) in [4.78, 5) is 2.90. The van der Waals surface area contributed by atoms with Crippen LogP contribution in [0.3, 0.4) is 0 Å². The Balaban J connectivity index is 2.00. The van der Waals surface area contributed by atoms with Crippen molar-refractivity contribution in [2.75, 3.05) is 0 Å². The predicted octanol–water partition coefficient (Wildman–Crippen LogP) is 5.08. The van der Waals surface area contributed by atoms with E-state index < -0.39 is 8.07 Å². The summed E-state index contributed by atoms with van der Waals surface area (Å²) in [6, 6.07) is 8.79. The number of hydrogen-bond acceptors (Lipinski definition) is 2. The van der Waals surface area contributed by atoms with Gasteiger partial charge in [-0.15, -0.1) is 22.7 Å². The van der Waals surface area contributed by atoms with Crippen LogP contribution in [-0.4, -0.2) is 8.07 Å². The molecule has 0 spiro atoms. The zero-order valence-corrected chi connectivity index (χ0v) is 12.6. The molecule has 0 N–H and O–H groups in total. The Bertz CT molecular complexity index is 520. The summed E-state index contributed by atoms with van der Waals surface area (Å²) in [5, 5.41) is 7.50. The van der Waals surface area contributed by atoms with Crippen LogP contribution >= 0.6 is 22.7 Å². The van der Waals surface area contributed by atoms with Crippen molar-refractivity contribution < 1.29 is 0 Å². The van der Waals surface area contributed by atoms with E-state index >= 15 is 0 Å². The van der Waals surface area contributed by atoms with Gasteiger partial charge in [-0.1, -0.05) is 37.4 Å². The van der Waals surface area contributed by atoms with Gasteiger partial charge in [0.1, 0.15) is 8.07 Å². The summed E-state index contributed by atoms with van der Waals surface area (Å²) >= 11 is 3.72. The zero-order valence-electron chi connectivity index (χ0n) is 9.94. The average molecular weight is 274 g/mol. The Kier molecular flexibility index (Phi) is 2.69. The maximum atomic E-state index is 2.46. The minimum Gasteiger partial charge on any atom is -0.145 e. The van der Waals surface area contributed by atoms with Gasteiger partial charge in [0.25, 0.3) is 0 Å². The van der Waals surface area contributed by atoms with Gasteiger partial charge in [0.05, 0.1) is 0 Å². The molecule has 0 fully saturated rings. The van der Waals surface area contributed by atoms with Gasteiger partial charge in [0.2, 0.25) is 0 Å². The van der Waals surface area contributed by atoms with E-state index in [0.29, 0.717) is 0 Å². The molecular weight excluding hydrogens is 260 g/mol. The van der Waals surface area contributed by atoms with Crippen LogP contribution in [0.2, 0.25) is 13.1 Å². The lowest BCUT2D eigenvalue weighted by Crippen LogP contribution is -2.27. The molecule has 0 aliphatic carbocycles. The summed E-state index contributed by atoms with van der Waals surface area (Å²) in [6.07, 6.45) is 4.68. The third-order valence-corrected chi connectivity index (χ3v) is 9.07. The molecule has 0 saturated heterocycles. The number of thiophene rings is 2. The van der Waals surface area contributed by atoms with Crippen LogP contribution in [0.15, 0.2) is 47.2 Å². The Morgan fingerprint density at radius 2 is 1.29 bits per heavy atom. The van der Waals surface area contributed by atoms with Gasteiger partial charge in [0, 0.05) is 9.75 Å². The van der Waals surface area contributed by atoms with Crippen LogP contribution in [0.5, 0.6) is 0 Å². The van der Waals surface area contributed by atoms with Gasteiger partial charge in [-0.3, -0.25) is 0 Å². The van der Waals surface area contributed by atoms with E-state index in [2.05, 4.69) is 60.3 Å². The highest BCUT2D eigenvalue weighted by atomic mass is 32.1. The first-order chi connectivity index (χ1) is 8.19. The quantitative estimate of drug-likeness (QED) is 0.670. The smallest absolute Gasteiger partial charge is 0.115 e. The first kappa shape index (κ1) is 11.2. The fourth-order valence-corrected chi connectivity index (χ4v) is 8.26. The normalized spacial score (nSPS) is 18.0. The van der Waals surface area contributed by atoms with Crippen molar-refractivity contribution in [2.45, 2.75) is 13.1 Å². The van der Waals surface area contributed by atoms with Crippen molar-refractivity contribution in [1.29, 1.82) is 0 Å². The van der Waals surface area contributed by atoms with Gasteiger partial charge in [-0.25, -0.2) is 0 Å². The Morgan fingerprint density at radius 1 is 0.824 bits per heavy atom. The van der Waals surface area contributed by atoms with Crippen molar-refractivity contribution in [3.05, 3.63) is 56.9 Å². The van der Waals surface area contributed by atoms with E-state index in [-0.39, 0.29) is 0 Å². The van der Waals surface area contributed by atoms with Gasteiger partial charge < -0.3 is 0 Å². The number of rotatable bonds is 2. The lowest BCUT2D eigenvalue weighted by Gasteiger charge is -2.23. The van der Waals surface area contributed by atoms with Crippen LogP contribution in [0, 0.1) is 0 Å². The van der Waals surface area contributed by atoms with E-state index in [1.165, 1.54) is 9.75 Å². The van der Waals surface area contributed by atoms with Crippen LogP contribution in [-0.2, 0) is 0 Å². The monoisotopic (exact) mass is 274 g/mol. The third-order valence-electron chi connectivity index (χ3n) is 3.34. The Labute approximate surface area is 111 Å². The van der Waals surface area contributed by atoms with Crippen molar-refractivity contribution in [3.8, 4) is 0 Å². The topological polar surface area (TPSA) is 0 Å². The van der Waals surface area contributed by atoms with Crippen LogP contribution in [0.25, 0.3) is 10.4 Å². The molecule has 3 heteroatoms. The molecule has 0 bridgehead atoms. The largest absolute Gasteiger partial charge is 0.145 e.